The van der Waals surface area contributed by atoms with E-state index in [-0.39, 0.29) is 5.91 Å². The van der Waals surface area contributed by atoms with E-state index in [1.807, 2.05) is 41.9 Å². The number of anilines is 1. The van der Waals surface area contributed by atoms with Gasteiger partial charge in [0.05, 0.1) is 5.75 Å². The second kappa shape index (κ2) is 9.91. The van der Waals surface area contributed by atoms with Crippen LogP contribution in [0, 0.1) is 0 Å². The van der Waals surface area contributed by atoms with Gasteiger partial charge in [0.25, 0.3) is 0 Å². The number of carbonyl (C=O) groups excluding carboxylic acids is 1. The Morgan fingerprint density at radius 3 is 2.47 bits per heavy atom. The Labute approximate surface area is 181 Å². The average Bonchev–Trinajstić information content (AvgIpc) is 3.39. The van der Waals surface area contributed by atoms with Crippen LogP contribution in [0.2, 0.25) is 0 Å². The summed E-state index contributed by atoms with van der Waals surface area (Å²) in [5.74, 6) is 1.14. The predicted octanol–water partition coefficient (Wildman–Crippen LogP) is 3.73. The number of hydrogen-bond donors (Lipinski definition) is 1. The van der Waals surface area contributed by atoms with Gasteiger partial charge in [-0.15, -0.1) is 10.2 Å². The largest absolute Gasteiger partial charge is 0.325 e. The first-order valence-corrected chi connectivity index (χ1v) is 11.3. The third kappa shape index (κ3) is 5.49. The molecule has 1 aromatic heterocycles. The highest BCUT2D eigenvalue weighted by molar-refractivity contribution is 7.99. The Morgan fingerprint density at radius 2 is 1.73 bits per heavy atom. The van der Waals surface area contributed by atoms with Crippen LogP contribution in [0.15, 0.2) is 59.8 Å². The van der Waals surface area contributed by atoms with Crippen LogP contribution in [-0.4, -0.2) is 44.4 Å². The zero-order valence-electron chi connectivity index (χ0n) is 17.3. The maximum atomic E-state index is 12.4. The molecule has 7 heteroatoms. The Kier molecular flexibility index (Phi) is 6.81. The van der Waals surface area contributed by atoms with E-state index in [1.54, 1.807) is 0 Å². The van der Waals surface area contributed by atoms with E-state index in [9.17, 15) is 4.79 Å². The van der Waals surface area contributed by atoms with Crippen molar-refractivity contribution in [3.63, 3.8) is 0 Å². The van der Waals surface area contributed by atoms with Gasteiger partial charge >= 0.3 is 0 Å². The van der Waals surface area contributed by atoms with Crippen molar-refractivity contribution >= 4 is 23.4 Å². The summed E-state index contributed by atoms with van der Waals surface area (Å²) < 4.78 is 1.96. The molecule has 156 valence electrons. The predicted molar refractivity (Wildman–Crippen MR) is 121 cm³/mol. The van der Waals surface area contributed by atoms with E-state index in [1.165, 1.54) is 48.8 Å². The lowest BCUT2D eigenvalue weighted by Crippen LogP contribution is -2.18. The lowest BCUT2D eigenvalue weighted by atomic mass is 10.1. The zero-order chi connectivity index (χ0) is 20.8. The van der Waals surface area contributed by atoms with Crippen LogP contribution >= 0.6 is 11.8 Å². The van der Waals surface area contributed by atoms with Gasteiger partial charge in [-0.3, -0.25) is 9.69 Å². The molecule has 0 bridgehead atoms. The second-order valence-electron chi connectivity index (χ2n) is 7.64. The molecule has 4 rings (SSSR count). The van der Waals surface area contributed by atoms with Crippen molar-refractivity contribution in [1.29, 1.82) is 0 Å². The highest BCUT2D eigenvalue weighted by Crippen LogP contribution is 2.19. The summed E-state index contributed by atoms with van der Waals surface area (Å²) in [6, 6.07) is 18.3. The van der Waals surface area contributed by atoms with Gasteiger partial charge in [0.15, 0.2) is 5.16 Å². The molecule has 1 aliphatic rings. The molecule has 0 saturated carbocycles. The third-order valence-corrected chi connectivity index (χ3v) is 6.33. The minimum atomic E-state index is -0.0418. The number of nitrogens with one attached hydrogen (secondary N) is 1. The molecule has 1 N–H and O–H groups in total. The van der Waals surface area contributed by atoms with Crippen LogP contribution in [0.5, 0.6) is 0 Å². The molecule has 1 aliphatic heterocycles. The molecule has 1 saturated heterocycles. The van der Waals surface area contributed by atoms with Crippen LogP contribution < -0.4 is 5.32 Å². The number of likely N-dealkylation sites (tertiary alicyclic amines) is 1. The van der Waals surface area contributed by atoms with Gasteiger partial charge in [0.2, 0.25) is 5.91 Å². The number of rotatable bonds is 8. The summed E-state index contributed by atoms with van der Waals surface area (Å²) in [4.78, 5) is 14.8. The van der Waals surface area contributed by atoms with Crippen molar-refractivity contribution in [2.75, 3.05) is 24.2 Å². The van der Waals surface area contributed by atoms with Gasteiger partial charge in [-0.25, -0.2) is 0 Å². The standard InChI is InChI=1S/C23H27N5OS/c1-27-21(15-18-7-3-2-4-8-18)25-26-23(27)30-17-22(29)24-20-11-9-19(10-12-20)16-28-13-5-6-14-28/h2-4,7-12H,5-6,13-17H2,1H3,(H,24,29). The van der Waals surface area contributed by atoms with Crippen LogP contribution in [0.1, 0.15) is 29.8 Å². The molecular formula is C23H27N5OS. The smallest absolute Gasteiger partial charge is 0.234 e. The number of aromatic nitrogens is 3. The summed E-state index contributed by atoms with van der Waals surface area (Å²) in [5, 5.41) is 12.2. The second-order valence-corrected chi connectivity index (χ2v) is 8.58. The van der Waals surface area contributed by atoms with Crippen molar-refractivity contribution in [3.05, 3.63) is 71.5 Å². The number of amides is 1. The van der Waals surface area contributed by atoms with Crippen molar-refractivity contribution < 1.29 is 4.79 Å². The monoisotopic (exact) mass is 421 g/mol. The Bertz CT molecular complexity index is 965. The number of nitrogens with zero attached hydrogens (tertiary/aromatic N) is 4. The molecule has 2 aromatic carbocycles. The molecule has 1 fully saturated rings. The maximum absolute atomic E-state index is 12.4. The van der Waals surface area contributed by atoms with E-state index >= 15 is 0 Å². The number of hydrogen-bond acceptors (Lipinski definition) is 5. The van der Waals surface area contributed by atoms with Crippen LogP contribution in [0.4, 0.5) is 5.69 Å². The SMILES string of the molecule is Cn1c(Cc2ccccc2)nnc1SCC(=O)Nc1ccc(CN2CCCC2)cc1. The normalized spacial score (nSPS) is 14.2. The highest BCUT2D eigenvalue weighted by atomic mass is 32.2. The van der Waals surface area contributed by atoms with Crippen molar-refractivity contribution in [1.82, 2.24) is 19.7 Å². The maximum Gasteiger partial charge on any atom is 0.234 e. The lowest BCUT2D eigenvalue weighted by Gasteiger charge is -2.14. The quantitative estimate of drug-likeness (QED) is 0.562. The first kappa shape index (κ1) is 20.6. The minimum absolute atomic E-state index is 0.0418. The fourth-order valence-corrected chi connectivity index (χ4v) is 4.35. The fourth-order valence-electron chi connectivity index (χ4n) is 3.62. The first-order chi connectivity index (χ1) is 14.7. The minimum Gasteiger partial charge on any atom is -0.325 e. The van der Waals surface area contributed by atoms with E-state index in [2.05, 4.69) is 44.7 Å². The molecule has 0 spiro atoms. The van der Waals surface area contributed by atoms with E-state index in [0.29, 0.717) is 5.75 Å². The van der Waals surface area contributed by atoms with E-state index < -0.39 is 0 Å². The van der Waals surface area contributed by atoms with Gasteiger partial charge < -0.3 is 9.88 Å². The molecule has 3 aromatic rings. The Balaban J connectivity index is 1.26. The van der Waals surface area contributed by atoms with Crippen molar-refractivity contribution in [2.45, 2.75) is 31.0 Å². The number of thioether (sulfide) groups is 1. The van der Waals surface area contributed by atoms with E-state index in [0.717, 1.165) is 29.6 Å². The highest BCUT2D eigenvalue weighted by Gasteiger charge is 2.13. The van der Waals surface area contributed by atoms with Crippen molar-refractivity contribution in [2.24, 2.45) is 7.05 Å². The molecule has 0 radical (unpaired) electrons. The molecule has 1 amide bonds. The van der Waals surface area contributed by atoms with Crippen LogP contribution in [-0.2, 0) is 24.8 Å². The molecular weight excluding hydrogens is 394 g/mol. The zero-order valence-corrected chi connectivity index (χ0v) is 18.1. The first-order valence-electron chi connectivity index (χ1n) is 10.3. The topological polar surface area (TPSA) is 63.1 Å². The lowest BCUT2D eigenvalue weighted by molar-refractivity contribution is -0.113. The Hall–Kier alpha value is -2.64. The molecule has 0 unspecified atom stereocenters. The molecule has 0 atom stereocenters. The summed E-state index contributed by atoms with van der Waals surface area (Å²) >= 11 is 1.40. The third-order valence-electron chi connectivity index (χ3n) is 5.31. The van der Waals surface area contributed by atoms with E-state index in [4.69, 9.17) is 0 Å². The van der Waals surface area contributed by atoms with Crippen LogP contribution in [0.25, 0.3) is 0 Å². The van der Waals surface area contributed by atoms with Crippen LogP contribution in [0.3, 0.4) is 0 Å². The Morgan fingerprint density at radius 1 is 1.00 bits per heavy atom. The van der Waals surface area contributed by atoms with Gasteiger partial charge in [-0.05, 0) is 49.2 Å². The van der Waals surface area contributed by atoms with Gasteiger partial charge in [0.1, 0.15) is 5.82 Å². The summed E-state index contributed by atoms with van der Waals surface area (Å²) in [6.07, 6.45) is 3.32. The summed E-state index contributed by atoms with van der Waals surface area (Å²) in [6.45, 7) is 3.36. The van der Waals surface area contributed by atoms with Gasteiger partial charge in [0, 0.05) is 25.7 Å². The van der Waals surface area contributed by atoms with Crippen molar-refractivity contribution in [3.8, 4) is 0 Å². The molecule has 2 heterocycles. The van der Waals surface area contributed by atoms with Gasteiger partial charge in [-0.1, -0.05) is 54.2 Å². The number of benzene rings is 2. The van der Waals surface area contributed by atoms with Gasteiger partial charge in [-0.2, -0.15) is 0 Å². The average molecular weight is 422 g/mol. The molecule has 6 nitrogen and oxygen atoms in total. The fraction of sp³-hybridized carbons (Fsp3) is 0.348. The summed E-state index contributed by atoms with van der Waals surface area (Å²) in [5.41, 5.74) is 3.30. The summed E-state index contributed by atoms with van der Waals surface area (Å²) in [7, 11) is 1.94. The molecule has 30 heavy (non-hydrogen) atoms. The molecule has 0 aliphatic carbocycles. The number of carbonyl (C=O) groups is 1.